The lowest BCUT2D eigenvalue weighted by Crippen LogP contribution is -2.34. The molecule has 1 aromatic carbocycles. The Morgan fingerprint density at radius 3 is 2.80 bits per heavy atom. The van der Waals surface area contributed by atoms with E-state index in [2.05, 4.69) is 21.2 Å². The van der Waals surface area contributed by atoms with Crippen LogP contribution in [-0.2, 0) is 10.0 Å². The normalized spacial score (nSPS) is 17.8. The molecular weight excluding hydrogens is 351 g/mol. The number of halogens is 2. The van der Waals surface area contributed by atoms with Crippen molar-refractivity contribution in [2.24, 2.45) is 0 Å². The maximum atomic E-state index is 13.7. The first-order valence-corrected chi connectivity index (χ1v) is 8.44. The average Bonchev–Trinajstić information content (AvgIpc) is 2.70. The molecule has 20 heavy (non-hydrogen) atoms. The van der Waals surface area contributed by atoms with Gasteiger partial charge in [0.25, 0.3) is 0 Å². The molecule has 1 aliphatic heterocycles. The second kappa shape index (κ2) is 6.38. The summed E-state index contributed by atoms with van der Waals surface area (Å²) in [4.78, 5) is -0.136. The minimum Gasteiger partial charge on any atom is -0.495 e. The number of sulfonamides is 1. The molecule has 0 atom stereocenters. The SMILES string of the molecule is COc1cc(Br)c(F)cc1S(=O)(=O)N1CCCNCC1. The second-order valence-electron chi connectivity index (χ2n) is 4.42. The highest BCUT2D eigenvalue weighted by Crippen LogP contribution is 2.32. The number of rotatable bonds is 3. The lowest BCUT2D eigenvalue weighted by atomic mass is 10.3. The molecule has 8 heteroatoms. The molecule has 0 bridgehead atoms. The summed E-state index contributed by atoms with van der Waals surface area (Å²) in [6.07, 6.45) is 0.723. The van der Waals surface area contributed by atoms with Crippen molar-refractivity contribution >= 4 is 26.0 Å². The predicted octanol–water partition coefficient (Wildman–Crippen LogP) is 1.58. The number of nitrogens with zero attached hydrogens (tertiary/aromatic N) is 1. The maximum absolute atomic E-state index is 13.7. The van der Waals surface area contributed by atoms with E-state index in [4.69, 9.17) is 4.74 Å². The zero-order valence-electron chi connectivity index (χ0n) is 11.0. The summed E-state index contributed by atoms with van der Waals surface area (Å²) < 4.78 is 45.5. The van der Waals surface area contributed by atoms with Gasteiger partial charge in [-0.05, 0) is 41.0 Å². The molecule has 0 aliphatic carbocycles. The lowest BCUT2D eigenvalue weighted by molar-refractivity contribution is 0.391. The molecule has 1 saturated heterocycles. The topological polar surface area (TPSA) is 58.6 Å². The first-order valence-electron chi connectivity index (χ1n) is 6.20. The quantitative estimate of drug-likeness (QED) is 0.882. The van der Waals surface area contributed by atoms with Crippen LogP contribution in [-0.4, -0.2) is 46.0 Å². The van der Waals surface area contributed by atoms with Crippen molar-refractivity contribution < 1.29 is 17.5 Å². The standard InChI is InChI=1S/C12H16BrFN2O3S/c1-19-11-7-9(13)10(14)8-12(11)20(17,18)16-5-2-3-15-4-6-16/h7-8,15H,2-6H2,1H3. The van der Waals surface area contributed by atoms with E-state index in [1.807, 2.05) is 0 Å². The summed E-state index contributed by atoms with van der Waals surface area (Å²) in [6, 6.07) is 2.33. The van der Waals surface area contributed by atoms with Crippen LogP contribution >= 0.6 is 15.9 Å². The summed E-state index contributed by atoms with van der Waals surface area (Å²) in [5.41, 5.74) is 0. The lowest BCUT2D eigenvalue weighted by Gasteiger charge is -2.21. The number of ether oxygens (including phenoxy) is 1. The Morgan fingerprint density at radius 2 is 2.10 bits per heavy atom. The van der Waals surface area contributed by atoms with E-state index in [9.17, 15) is 12.8 Å². The van der Waals surface area contributed by atoms with Crippen LogP contribution in [0.2, 0.25) is 0 Å². The van der Waals surface area contributed by atoms with Gasteiger partial charge in [-0.2, -0.15) is 4.31 Å². The third-order valence-electron chi connectivity index (χ3n) is 3.12. The molecule has 1 aliphatic rings. The zero-order chi connectivity index (χ0) is 14.8. The largest absolute Gasteiger partial charge is 0.495 e. The molecule has 112 valence electrons. The van der Waals surface area contributed by atoms with Crippen LogP contribution < -0.4 is 10.1 Å². The van der Waals surface area contributed by atoms with Gasteiger partial charge in [0.05, 0.1) is 11.6 Å². The number of nitrogens with one attached hydrogen (secondary N) is 1. The van der Waals surface area contributed by atoms with E-state index in [0.717, 1.165) is 19.0 Å². The van der Waals surface area contributed by atoms with Crippen molar-refractivity contribution in [3.63, 3.8) is 0 Å². The summed E-state index contributed by atoms with van der Waals surface area (Å²) >= 11 is 3.02. The molecule has 0 unspecified atom stereocenters. The smallest absolute Gasteiger partial charge is 0.246 e. The minimum atomic E-state index is -3.76. The number of hydrogen-bond acceptors (Lipinski definition) is 4. The van der Waals surface area contributed by atoms with Crippen LogP contribution in [0.4, 0.5) is 4.39 Å². The number of benzene rings is 1. The van der Waals surface area contributed by atoms with Gasteiger partial charge in [0.15, 0.2) is 0 Å². The fourth-order valence-electron chi connectivity index (χ4n) is 2.07. The highest BCUT2D eigenvalue weighted by Gasteiger charge is 2.29. The van der Waals surface area contributed by atoms with E-state index in [0.29, 0.717) is 19.6 Å². The first-order chi connectivity index (χ1) is 9.46. The number of hydrogen-bond donors (Lipinski definition) is 1. The van der Waals surface area contributed by atoms with Gasteiger partial charge in [-0.3, -0.25) is 0 Å². The Hall–Kier alpha value is -0.700. The van der Waals surface area contributed by atoms with Crippen LogP contribution in [0.15, 0.2) is 21.5 Å². The zero-order valence-corrected chi connectivity index (χ0v) is 13.4. The molecule has 1 N–H and O–H groups in total. The predicted molar refractivity (Wildman–Crippen MR) is 76.9 cm³/mol. The Labute approximate surface area is 126 Å². The Balaban J connectivity index is 2.45. The van der Waals surface area contributed by atoms with E-state index in [1.54, 1.807) is 0 Å². The third-order valence-corrected chi connectivity index (χ3v) is 5.65. The molecular formula is C12H16BrFN2O3S. The van der Waals surface area contributed by atoms with Crippen LogP contribution in [0, 0.1) is 5.82 Å². The summed E-state index contributed by atoms with van der Waals surface area (Å²) in [5.74, 6) is -0.493. The maximum Gasteiger partial charge on any atom is 0.246 e. The van der Waals surface area contributed by atoms with Gasteiger partial charge in [0.1, 0.15) is 16.5 Å². The minimum absolute atomic E-state index is 0.135. The monoisotopic (exact) mass is 366 g/mol. The molecule has 0 amide bonds. The summed E-state index contributed by atoms with van der Waals surface area (Å²) in [5, 5.41) is 3.13. The Bertz CT molecular complexity index is 587. The van der Waals surface area contributed by atoms with Gasteiger partial charge in [-0.25, -0.2) is 12.8 Å². The van der Waals surface area contributed by atoms with Gasteiger partial charge >= 0.3 is 0 Å². The van der Waals surface area contributed by atoms with Gasteiger partial charge in [0, 0.05) is 19.6 Å². The highest BCUT2D eigenvalue weighted by molar-refractivity contribution is 9.10. The van der Waals surface area contributed by atoms with Gasteiger partial charge < -0.3 is 10.1 Å². The van der Waals surface area contributed by atoms with Gasteiger partial charge in [0.2, 0.25) is 10.0 Å². The van der Waals surface area contributed by atoms with Gasteiger partial charge in [-0.15, -0.1) is 0 Å². The first kappa shape index (κ1) is 15.7. The van der Waals surface area contributed by atoms with Crippen molar-refractivity contribution in [3.05, 3.63) is 22.4 Å². The third kappa shape index (κ3) is 3.13. The Morgan fingerprint density at radius 1 is 1.35 bits per heavy atom. The highest BCUT2D eigenvalue weighted by atomic mass is 79.9. The number of methoxy groups -OCH3 is 1. The van der Waals surface area contributed by atoms with Crippen molar-refractivity contribution in [1.29, 1.82) is 0 Å². The molecule has 1 heterocycles. The average molecular weight is 367 g/mol. The fraction of sp³-hybridized carbons (Fsp3) is 0.500. The molecule has 0 radical (unpaired) electrons. The van der Waals surface area contributed by atoms with Crippen molar-refractivity contribution in [3.8, 4) is 5.75 Å². The summed E-state index contributed by atoms with van der Waals surface area (Å²) in [7, 11) is -2.40. The van der Waals surface area contributed by atoms with Crippen LogP contribution in [0.3, 0.4) is 0 Å². The van der Waals surface area contributed by atoms with Crippen molar-refractivity contribution in [2.75, 3.05) is 33.3 Å². The molecule has 0 saturated carbocycles. The van der Waals surface area contributed by atoms with Crippen molar-refractivity contribution in [2.45, 2.75) is 11.3 Å². The molecule has 2 rings (SSSR count). The van der Waals surface area contributed by atoms with E-state index < -0.39 is 15.8 Å². The van der Waals surface area contributed by atoms with Gasteiger partial charge in [-0.1, -0.05) is 0 Å². The fourth-order valence-corrected chi connectivity index (χ4v) is 4.02. The van der Waals surface area contributed by atoms with Crippen LogP contribution in [0.1, 0.15) is 6.42 Å². The molecule has 0 aromatic heterocycles. The molecule has 5 nitrogen and oxygen atoms in total. The summed E-state index contributed by atoms with van der Waals surface area (Å²) in [6.45, 7) is 2.14. The van der Waals surface area contributed by atoms with E-state index in [-0.39, 0.29) is 15.1 Å². The van der Waals surface area contributed by atoms with Crippen molar-refractivity contribution in [1.82, 2.24) is 9.62 Å². The second-order valence-corrected chi connectivity index (χ2v) is 7.19. The molecule has 1 aromatic rings. The Kier molecular flexibility index (Phi) is 5.00. The van der Waals surface area contributed by atoms with E-state index >= 15 is 0 Å². The van der Waals surface area contributed by atoms with Crippen LogP contribution in [0.5, 0.6) is 5.75 Å². The molecule has 1 fully saturated rings. The van der Waals surface area contributed by atoms with Crippen LogP contribution in [0.25, 0.3) is 0 Å². The van der Waals surface area contributed by atoms with E-state index in [1.165, 1.54) is 17.5 Å². The molecule has 0 spiro atoms.